The lowest BCUT2D eigenvalue weighted by Gasteiger charge is -2.09. The van der Waals surface area contributed by atoms with Crippen molar-refractivity contribution in [3.05, 3.63) is 68.6 Å². The van der Waals surface area contributed by atoms with Gasteiger partial charge in [0.05, 0.1) is 37.3 Å². The molecule has 10 heteroatoms. The van der Waals surface area contributed by atoms with Crippen LogP contribution in [0, 0.1) is 0 Å². The minimum atomic E-state index is -0.517. The van der Waals surface area contributed by atoms with Crippen molar-refractivity contribution in [2.45, 2.75) is 0 Å². The molecule has 0 aliphatic carbocycles. The van der Waals surface area contributed by atoms with Crippen LogP contribution in [0.1, 0.15) is 5.56 Å². The van der Waals surface area contributed by atoms with E-state index in [1.54, 1.807) is 43.5 Å². The fourth-order valence-corrected chi connectivity index (χ4v) is 2.79. The Bertz CT molecular complexity index is 1110. The number of nitrogens with zero attached hydrogens (tertiary/aromatic N) is 3. The molecule has 3 rings (SSSR count). The number of hydrazone groups is 1. The van der Waals surface area contributed by atoms with E-state index in [-0.39, 0.29) is 27.2 Å². The minimum Gasteiger partial charge on any atom is -0.503 e. The van der Waals surface area contributed by atoms with E-state index in [4.69, 9.17) is 32.7 Å². The van der Waals surface area contributed by atoms with Crippen LogP contribution in [0.2, 0.25) is 10.0 Å². The smallest absolute Gasteiger partial charge is 0.292 e. The highest BCUT2D eigenvalue weighted by Crippen LogP contribution is 2.35. The van der Waals surface area contributed by atoms with Crippen LogP contribution < -0.4 is 20.5 Å². The fraction of sp³-hybridized carbons (Fsp3) is 0.105. The third-order valence-electron chi connectivity index (χ3n) is 3.95. The molecule has 2 aromatic carbocycles. The summed E-state index contributed by atoms with van der Waals surface area (Å²) in [6.07, 6.45) is 2.74. The Labute approximate surface area is 175 Å². The molecular formula is C19H16Cl2N4O4. The van der Waals surface area contributed by atoms with E-state index in [1.807, 2.05) is 0 Å². The van der Waals surface area contributed by atoms with Crippen LogP contribution in [0.15, 0.2) is 52.5 Å². The Morgan fingerprint density at radius 3 is 2.48 bits per heavy atom. The summed E-state index contributed by atoms with van der Waals surface area (Å²) in [6.45, 7) is 0. The Morgan fingerprint density at radius 1 is 1.10 bits per heavy atom. The highest BCUT2D eigenvalue weighted by atomic mass is 35.5. The molecule has 0 saturated heterocycles. The van der Waals surface area contributed by atoms with Crippen molar-refractivity contribution >= 4 is 35.1 Å². The maximum atomic E-state index is 12.5. The number of anilines is 1. The standard InChI is InChI=1S/C19H16Cl2N4O4/c1-28-13-6-4-12(5-7-13)25-19(27)17(21)14(10-23-25)24-22-9-11-3-8-15(29-2)18(26)16(11)20/h3-10,24,26H,1-2H3/b22-9-. The van der Waals surface area contributed by atoms with Crippen LogP contribution in [0.4, 0.5) is 5.69 Å². The number of hydrogen-bond donors (Lipinski definition) is 2. The molecule has 1 aromatic heterocycles. The lowest BCUT2D eigenvalue weighted by molar-refractivity contribution is 0.373. The molecule has 0 bridgehead atoms. The molecule has 0 spiro atoms. The average Bonchev–Trinajstić information content (AvgIpc) is 2.74. The number of phenols is 1. The molecular weight excluding hydrogens is 419 g/mol. The summed E-state index contributed by atoms with van der Waals surface area (Å²) in [5.74, 6) is 0.707. The van der Waals surface area contributed by atoms with Crippen molar-refractivity contribution in [2.24, 2.45) is 5.10 Å². The van der Waals surface area contributed by atoms with E-state index in [0.717, 1.165) is 4.68 Å². The molecule has 0 unspecified atom stereocenters. The number of aromatic hydroxyl groups is 1. The van der Waals surface area contributed by atoms with Crippen LogP contribution in [-0.2, 0) is 0 Å². The molecule has 0 amide bonds. The largest absolute Gasteiger partial charge is 0.503 e. The van der Waals surface area contributed by atoms with E-state index in [0.29, 0.717) is 17.0 Å². The number of nitrogens with one attached hydrogen (secondary N) is 1. The summed E-state index contributed by atoms with van der Waals surface area (Å²) in [6, 6.07) is 9.96. The van der Waals surface area contributed by atoms with Gasteiger partial charge in [-0.1, -0.05) is 23.2 Å². The monoisotopic (exact) mass is 434 g/mol. The number of halogens is 2. The second-order valence-corrected chi connectivity index (χ2v) is 6.43. The number of hydrogen-bond acceptors (Lipinski definition) is 7. The van der Waals surface area contributed by atoms with Gasteiger partial charge >= 0.3 is 0 Å². The fourth-order valence-electron chi connectivity index (χ4n) is 2.42. The summed E-state index contributed by atoms with van der Waals surface area (Å²) in [7, 11) is 2.97. The molecule has 2 N–H and O–H groups in total. The normalized spacial score (nSPS) is 10.9. The van der Waals surface area contributed by atoms with Gasteiger partial charge in [-0.15, -0.1) is 0 Å². The molecule has 0 fully saturated rings. The molecule has 150 valence electrons. The quantitative estimate of drug-likeness (QED) is 0.453. The number of rotatable bonds is 6. The first-order valence-electron chi connectivity index (χ1n) is 8.23. The van der Waals surface area contributed by atoms with Crippen molar-refractivity contribution in [2.75, 3.05) is 19.6 Å². The number of phenolic OH excluding ortho intramolecular Hbond substituents is 1. The predicted octanol–water partition coefficient (Wildman–Crippen LogP) is 3.71. The number of benzene rings is 2. The van der Waals surface area contributed by atoms with E-state index in [1.165, 1.54) is 19.5 Å². The van der Waals surface area contributed by atoms with Gasteiger partial charge in [-0.2, -0.15) is 14.9 Å². The Balaban J connectivity index is 1.82. The third kappa shape index (κ3) is 4.28. The Hall–Kier alpha value is -3.23. The zero-order valence-corrected chi connectivity index (χ0v) is 16.9. The molecule has 0 radical (unpaired) electrons. The average molecular weight is 435 g/mol. The van der Waals surface area contributed by atoms with Crippen molar-refractivity contribution in [1.82, 2.24) is 9.78 Å². The predicted molar refractivity (Wildman–Crippen MR) is 112 cm³/mol. The third-order valence-corrected chi connectivity index (χ3v) is 4.72. The van der Waals surface area contributed by atoms with E-state index >= 15 is 0 Å². The number of aromatic nitrogens is 2. The van der Waals surface area contributed by atoms with Gasteiger partial charge in [-0.25, -0.2) is 0 Å². The SMILES string of the molecule is COc1ccc(-n2ncc(N/N=C\c3ccc(OC)c(O)c3Cl)c(Cl)c2=O)cc1. The van der Waals surface area contributed by atoms with Gasteiger partial charge in [0.25, 0.3) is 5.56 Å². The second-order valence-electron chi connectivity index (χ2n) is 5.68. The van der Waals surface area contributed by atoms with Gasteiger partial charge in [0.15, 0.2) is 11.5 Å². The van der Waals surface area contributed by atoms with E-state index in [2.05, 4.69) is 15.6 Å². The molecule has 0 aliphatic rings. The molecule has 3 aromatic rings. The molecule has 0 saturated carbocycles. The highest BCUT2D eigenvalue weighted by molar-refractivity contribution is 6.34. The molecule has 0 aliphatic heterocycles. The summed E-state index contributed by atoms with van der Waals surface area (Å²) < 4.78 is 11.2. The van der Waals surface area contributed by atoms with Crippen molar-refractivity contribution in [3.63, 3.8) is 0 Å². The maximum Gasteiger partial charge on any atom is 0.292 e. The first-order chi connectivity index (χ1) is 14.0. The first kappa shape index (κ1) is 20.5. The highest BCUT2D eigenvalue weighted by Gasteiger charge is 2.12. The van der Waals surface area contributed by atoms with E-state index < -0.39 is 5.56 Å². The van der Waals surface area contributed by atoms with Gasteiger partial charge in [0.2, 0.25) is 0 Å². The maximum absolute atomic E-state index is 12.5. The number of methoxy groups -OCH3 is 2. The molecule has 8 nitrogen and oxygen atoms in total. The molecule has 1 heterocycles. The summed E-state index contributed by atoms with van der Waals surface area (Å²) in [4.78, 5) is 12.5. The topological polar surface area (TPSA) is 98.0 Å². The summed E-state index contributed by atoms with van der Waals surface area (Å²) in [5.41, 5.74) is 3.32. The Kier molecular flexibility index (Phi) is 6.26. The van der Waals surface area contributed by atoms with Crippen LogP contribution in [-0.4, -0.2) is 35.3 Å². The van der Waals surface area contributed by atoms with Gasteiger partial charge in [-0.3, -0.25) is 10.2 Å². The zero-order valence-electron chi connectivity index (χ0n) is 15.4. The molecule has 29 heavy (non-hydrogen) atoms. The van der Waals surface area contributed by atoms with Gasteiger partial charge in [-0.05, 0) is 36.4 Å². The van der Waals surface area contributed by atoms with Crippen LogP contribution in [0.3, 0.4) is 0 Å². The van der Waals surface area contributed by atoms with Crippen molar-refractivity contribution in [3.8, 4) is 22.9 Å². The zero-order chi connectivity index (χ0) is 21.0. The summed E-state index contributed by atoms with van der Waals surface area (Å²) in [5, 5.41) is 18.0. The number of ether oxygens (including phenoxy) is 2. The first-order valence-corrected chi connectivity index (χ1v) is 8.98. The lowest BCUT2D eigenvalue weighted by atomic mass is 10.2. The van der Waals surface area contributed by atoms with Gasteiger partial charge < -0.3 is 14.6 Å². The van der Waals surface area contributed by atoms with Gasteiger partial charge in [0, 0.05) is 5.56 Å². The minimum absolute atomic E-state index is 0.0778. The van der Waals surface area contributed by atoms with Crippen LogP contribution in [0.5, 0.6) is 17.2 Å². The summed E-state index contributed by atoms with van der Waals surface area (Å²) >= 11 is 12.2. The van der Waals surface area contributed by atoms with E-state index in [9.17, 15) is 9.90 Å². The van der Waals surface area contributed by atoms with Crippen molar-refractivity contribution < 1.29 is 14.6 Å². The van der Waals surface area contributed by atoms with Crippen LogP contribution in [0.25, 0.3) is 5.69 Å². The van der Waals surface area contributed by atoms with Crippen molar-refractivity contribution in [1.29, 1.82) is 0 Å². The second kappa shape index (κ2) is 8.85. The molecule has 0 atom stereocenters. The lowest BCUT2D eigenvalue weighted by Crippen LogP contribution is -2.22. The Morgan fingerprint density at radius 2 is 1.83 bits per heavy atom. The van der Waals surface area contributed by atoms with Crippen LogP contribution >= 0.6 is 23.2 Å². The van der Waals surface area contributed by atoms with Gasteiger partial charge in [0.1, 0.15) is 16.5 Å².